The highest BCUT2D eigenvalue weighted by Crippen LogP contribution is 2.37. The molecule has 0 aromatic carbocycles. The van der Waals surface area contributed by atoms with E-state index in [1.165, 1.54) is 13.8 Å². The first-order valence-electron chi connectivity index (χ1n) is 13.8. The molecular weight excluding hydrogens is 550 g/mol. The second-order valence-corrected chi connectivity index (χ2v) is 12.2. The highest BCUT2D eigenvalue weighted by molar-refractivity contribution is 5.03. The zero-order valence-electron chi connectivity index (χ0n) is 23.7. The second kappa shape index (κ2) is 13.6. The maximum Gasteiger partial charge on any atom is 0.173 e. The van der Waals surface area contributed by atoms with Gasteiger partial charge in [0.25, 0.3) is 0 Å². The standard InChI is InChI=1S/C25H49N3O13/c1-23(8-29)11(4-37-7-14-16(27)20(34)21(35)25(3,10-31)40-14)18(32)15(26)13(39-23)6-38-5-12-19(33)17(28)22(36)41-24(12,2)9-30/h11-22,29-36H,4-10,26-28H2,1-3H3/t11-,12-,13-,14-,15?,16?,17?,18+,19+,20-,21-,22+,23?,24?,25?/m0/s1. The molecule has 6 unspecified atom stereocenters. The van der Waals surface area contributed by atoms with Crippen molar-refractivity contribution in [3.63, 3.8) is 0 Å². The molecule has 0 radical (unpaired) electrons. The largest absolute Gasteiger partial charge is 0.393 e. The summed E-state index contributed by atoms with van der Waals surface area (Å²) in [5.74, 6) is -1.61. The van der Waals surface area contributed by atoms with E-state index in [0.717, 1.165) is 0 Å². The van der Waals surface area contributed by atoms with Gasteiger partial charge in [-0.15, -0.1) is 0 Å². The third-order valence-corrected chi connectivity index (χ3v) is 9.05. The number of hydrogen-bond acceptors (Lipinski definition) is 16. The average Bonchev–Trinajstić information content (AvgIpc) is 2.95. The van der Waals surface area contributed by atoms with Crippen LogP contribution in [0.2, 0.25) is 0 Å². The molecule has 41 heavy (non-hydrogen) atoms. The van der Waals surface area contributed by atoms with Gasteiger partial charge in [0.15, 0.2) is 6.29 Å². The van der Waals surface area contributed by atoms with E-state index in [1.54, 1.807) is 6.92 Å². The number of rotatable bonds is 11. The first kappa shape index (κ1) is 34.8. The van der Waals surface area contributed by atoms with Gasteiger partial charge in [0.1, 0.15) is 17.8 Å². The van der Waals surface area contributed by atoms with Crippen LogP contribution in [-0.2, 0) is 23.7 Å². The van der Waals surface area contributed by atoms with Gasteiger partial charge in [-0.25, -0.2) is 0 Å². The van der Waals surface area contributed by atoms with Crippen molar-refractivity contribution in [3.05, 3.63) is 0 Å². The van der Waals surface area contributed by atoms with E-state index in [1.807, 2.05) is 0 Å². The van der Waals surface area contributed by atoms with E-state index in [2.05, 4.69) is 0 Å². The van der Waals surface area contributed by atoms with Crippen LogP contribution in [0.4, 0.5) is 0 Å². The average molecular weight is 600 g/mol. The lowest BCUT2D eigenvalue weighted by Crippen LogP contribution is -2.68. The van der Waals surface area contributed by atoms with Gasteiger partial charge >= 0.3 is 0 Å². The number of nitrogens with two attached hydrogens (primary N) is 3. The van der Waals surface area contributed by atoms with Crippen LogP contribution in [0.25, 0.3) is 0 Å². The van der Waals surface area contributed by atoms with Crippen LogP contribution in [-0.4, -0.2) is 165 Å². The maximum absolute atomic E-state index is 11.1. The van der Waals surface area contributed by atoms with Crippen molar-refractivity contribution in [2.45, 2.75) is 98.6 Å². The van der Waals surface area contributed by atoms with Gasteiger partial charge in [-0.3, -0.25) is 0 Å². The smallest absolute Gasteiger partial charge is 0.173 e. The predicted octanol–water partition coefficient (Wildman–Crippen LogP) is -5.92. The lowest BCUT2D eigenvalue weighted by atomic mass is 9.78. The van der Waals surface area contributed by atoms with Gasteiger partial charge in [0.05, 0.1) is 100.0 Å². The van der Waals surface area contributed by atoms with Crippen molar-refractivity contribution in [3.8, 4) is 0 Å². The van der Waals surface area contributed by atoms with Gasteiger partial charge < -0.3 is 81.7 Å². The van der Waals surface area contributed by atoms with Crippen molar-refractivity contribution in [2.24, 2.45) is 29.0 Å². The van der Waals surface area contributed by atoms with Gasteiger partial charge in [-0.05, 0) is 20.8 Å². The van der Waals surface area contributed by atoms with E-state index < -0.39 is 109 Å². The summed E-state index contributed by atoms with van der Waals surface area (Å²) < 4.78 is 28.8. The zero-order chi connectivity index (χ0) is 30.9. The molecule has 15 atom stereocenters. The molecule has 3 saturated heterocycles. The summed E-state index contributed by atoms with van der Waals surface area (Å²) in [5.41, 5.74) is 14.0. The molecule has 3 aliphatic rings. The molecule has 0 aromatic rings. The minimum atomic E-state index is -1.47. The molecule has 16 heteroatoms. The Hall–Kier alpha value is -0.640. The molecule has 0 aromatic heterocycles. The fourth-order valence-corrected chi connectivity index (χ4v) is 5.79. The van der Waals surface area contributed by atoms with Crippen molar-refractivity contribution in [2.75, 3.05) is 46.2 Å². The van der Waals surface area contributed by atoms with Crippen LogP contribution >= 0.6 is 0 Å². The molecular formula is C25H49N3O13. The lowest BCUT2D eigenvalue weighted by Gasteiger charge is -2.50. The van der Waals surface area contributed by atoms with Crippen LogP contribution in [0.5, 0.6) is 0 Å². The van der Waals surface area contributed by atoms with E-state index in [9.17, 15) is 40.9 Å². The highest BCUT2D eigenvalue weighted by Gasteiger charge is 2.53. The summed E-state index contributed by atoms with van der Waals surface area (Å²) in [5, 5.41) is 81.8. The summed E-state index contributed by atoms with van der Waals surface area (Å²) in [4.78, 5) is 0. The van der Waals surface area contributed by atoms with E-state index in [0.29, 0.717) is 0 Å². The van der Waals surface area contributed by atoms with Crippen LogP contribution in [0.1, 0.15) is 20.8 Å². The Balaban J connectivity index is 1.59. The van der Waals surface area contributed by atoms with Crippen LogP contribution < -0.4 is 17.2 Å². The maximum atomic E-state index is 11.1. The van der Waals surface area contributed by atoms with Crippen LogP contribution in [0, 0.1) is 11.8 Å². The molecule has 0 spiro atoms. The molecule has 3 rings (SSSR count). The first-order chi connectivity index (χ1) is 19.1. The molecule has 3 heterocycles. The third-order valence-electron chi connectivity index (χ3n) is 9.05. The number of aliphatic hydroxyl groups is 8. The summed E-state index contributed by atoms with van der Waals surface area (Å²) in [6.45, 7) is 2.37. The minimum Gasteiger partial charge on any atom is -0.393 e. The highest BCUT2D eigenvalue weighted by atomic mass is 16.6. The molecule has 3 aliphatic heterocycles. The van der Waals surface area contributed by atoms with Crippen molar-refractivity contribution in [1.82, 2.24) is 0 Å². The molecule has 14 N–H and O–H groups in total. The number of ether oxygens (including phenoxy) is 5. The molecule has 242 valence electrons. The van der Waals surface area contributed by atoms with Crippen LogP contribution in [0.15, 0.2) is 0 Å². The third kappa shape index (κ3) is 6.88. The summed E-state index contributed by atoms with van der Waals surface area (Å²) >= 11 is 0. The Bertz CT molecular complexity index is 849. The Kier molecular flexibility index (Phi) is 11.5. The van der Waals surface area contributed by atoms with Crippen molar-refractivity contribution in [1.29, 1.82) is 0 Å². The Morgan fingerprint density at radius 2 is 0.951 bits per heavy atom. The van der Waals surface area contributed by atoms with E-state index in [-0.39, 0.29) is 26.4 Å². The van der Waals surface area contributed by atoms with Gasteiger partial charge in [0.2, 0.25) is 0 Å². The first-order valence-corrected chi connectivity index (χ1v) is 13.8. The quantitative estimate of drug-likeness (QED) is 0.105. The van der Waals surface area contributed by atoms with Gasteiger partial charge in [-0.2, -0.15) is 0 Å². The fourth-order valence-electron chi connectivity index (χ4n) is 5.79. The topological polar surface area (TPSA) is 286 Å². The molecule has 0 aliphatic carbocycles. The fraction of sp³-hybridized carbons (Fsp3) is 1.00. The van der Waals surface area contributed by atoms with E-state index in [4.69, 9.17) is 40.9 Å². The molecule has 0 saturated carbocycles. The SMILES string of the molecule is CC1(CO)O[C@@H](COC[C@H]2[C@@H](O)C(N)[C@H](COC[C@H]3[C@@H](O)C(N)[C@H](O)OC3(C)CO)OC2(C)CO)C(N)[C@H](O)[C@@H]1O. The lowest BCUT2D eigenvalue weighted by molar-refractivity contribution is -0.285. The van der Waals surface area contributed by atoms with Crippen molar-refractivity contribution >= 4 is 0 Å². The Labute approximate surface area is 238 Å². The summed E-state index contributed by atoms with van der Waals surface area (Å²) in [6, 6.07) is -3.09. The normalized spacial score (nSPS) is 51.1. The van der Waals surface area contributed by atoms with Crippen molar-refractivity contribution < 1.29 is 64.5 Å². The Morgan fingerprint density at radius 3 is 1.41 bits per heavy atom. The number of hydrogen-bond donors (Lipinski definition) is 11. The predicted molar refractivity (Wildman–Crippen MR) is 140 cm³/mol. The summed E-state index contributed by atoms with van der Waals surface area (Å²) in [6.07, 6.45) is -8.46. The minimum absolute atomic E-state index is 0.138. The zero-order valence-corrected chi connectivity index (χ0v) is 23.7. The summed E-state index contributed by atoms with van der Waals surface area (Å²) in [7, 11) is 0. The molecule has 16 nitrogen and oxygen atoms in total. The van der Waals surface area contributed by atoms with Gasteiger partial charge in [0, 0.05) is 11.8 Å². The van der Waals surface area contributed by atoms with Gasteiger partial charge in [-0.1, -0.05) is 0 Å². The molecule has 0 bridgehead atoms. The van der Waals surface area contributed by atoms with Crippen LogP contribution in [0.3, 0.4) is 0 Å². The molecule has 0 amide bonds. The Morgan fingerprint density at radius 1 is 0.561 bits per heavy atom. The van der Waals surface area contributed by atoms with E-state index >= 15 is 0 Å². The molecule has 3 fully saturated rings. The second-order valence-electron chi connectivity index (χ2n) is 12.2. The monoisotopic (exact) mass is 599 g/mol. The number of aliphatic hydroxyl groups excluding tert-OH is 8.